The Hall–Kier alpha value is -3.01. The van der Waals surface area contributed by atoms with Crippen LogP contribution in [0, 0.1) is 24.6 Å². The number of halogens is 1. The number of hydrogen-bond donors (Lipinski definition) is 3. The fraction of sp³-hybridized carbons (Fsp3) is 0.517. The van der Waals surface area contributed by atoms with Crippen LogP contribution in [0.5, 0.6) is 5.75 Å². The lowest BCUT2D eigenvalue weighted by molar-refractivity contribution is -0.127. The van der Waals surface area contributed by atoms with Gasteiger partial charge in [0.2, 0.25) is 5.91 Å². The van der Waals surface area contributed by atoms with E-state index in [1.54, 1.807) is 19.2 Å². The highest BCUT2D eigenvalue weighted by Crippen LogP contribution is 2.41. The van der Waals surface area contributed by atoms with Gasteiger partial charge in [0.05, 0.1) is 13.2 Å². The molecule has 3 heterocycles. The summed E-state index contributed by atoms with van der Waals surface area (Å²) in [5.74, 6) is 1.43. The van der Waals surface area contributed by atoms with E-state index < -0.39 is 0 Å². The smallest absolute Gasteiger partial charge is 0.223 e. The number of amides is 1. The first kappa shape index (κ1) is 25.3. The molecule has 3 fully saturated rings. The molecule has 0 spiro atoms. The zero-order valence-corrected chi connectivity index (χ0v) is 22.0. The van der Waals surface area contributed by atoms with Crippen molar-refractivity contribution in [2.24, 2.45) is 11.8 Å². The van der Waals surface area contributed by atoms with Crippen molar-refractivity contribution in [1.29, 1.82) is 0 Å². The van der Waals surface area contributed by atoms with Gasteiger partial charge < -0.3 is 14.5 Å². The van der Waals surface area contributed by atoms with Crippen molar-refractivity contribution in [2.45, 2.75) is 63.7 Å². The molecule has 202 valence electrons. The third-order valence-electron chi connectivity index (χ3n) is 8.53. The van der Waals surface area contributed by atoms with Crippen LogP contribution in [0.4, 0.5) is 4.39 Å². The second kappa shape index (κ2) is 10.6. The number of fused-ring (bicyclic) bond motifs is 2. The summed E-state index contributed by atoms with van der Waals surface area (Å²) in [5, 5.41) is 3.34. The maximum absolute atomic E-state index is 14.5. The molecule has 3 N–H and O–H groups in total. The first-order chi connectivity index (χ1) is 18.5. The molecule has 2 aromatic carbocycles. The van der Waals surface area contributed by atoms with E-state index in [4.69, 9.17) is 9.15 Å². The van der Waals surface area contributed by atoms with Crippen molar-refractivity contribution >= 4 is 17.0 Å². The minimum atomic E-state index is -0.252. The maximum atomic E-state index is 14.5. The number of nitrogens with zero attached hydrogens (tertiary/aromatic N) is 2. The highest BCUT2D eigenvalue weighted by molar-refractivity contribution is 5.79. The van der Waals surface area contributed by atoms with E-state index in [1.807, 2.05) is 13.0 Å². The Morgan fingerprint density at radius 1 is 1.24 bits per heavy atom. The summed E-state index contributed by atoms with van der Waals surface area (Å²) >= 11 is 0. The molecule has 1 saturated carbocycles. The average Bonchev–Trinajstić information content (AvgIpc) is 3.51. The van der Waals surface area contributed by atoms with E-state index in [0.717, 1.165) is 55.3 Å². The van der Waals surface area contributed by atoms with Crippen molar-refractivity contribution in [3.63, 3.8) is 0 Å². The molecule has 8 nitrogen and oxygen atoms in total. The maximum Gasteiger partial charge on any atom is 0.223 e. The SMILES string of the molecule is COc1cccc(F)c1CN1CCC[C@@H](NC(=O)C2CCC3NNC(c4ccc5nc(C)oc5c4)C3C2)C1. The number of piperidine rings is 1. The van der Waals surface area contributed by atoms with Crippen molar-refractivity contribution in [3.8, 4) is 5.75 Å². The summed E-state index contributed by atoms with van der Waals surface area (Å²) in [4.78, 5) is 20.0. The van der Waals surface area contributed by atoms with E-state index in [0.29, 0.717) is 42.3 Å². The highest BCUT2D eigenvalue weighted by Gasteiger charge is 2.43. The first-order valence-corrected chi connectivity index (χ1v) is 13.7. The number of rotatable bonds is 6. The molecule has 0 radical (unpaired) electrons. The molecule has 9 heteroatoms. The molecule has 1 amide bonds. The topological polar surface area (TPSA) is 91.7 Å². The van der Waals surface area contributed by atoms with Crippen LogP contribution in [-0.2, 0) is 11.3 Å². The lowest BCUT2D eigenvalue weighted by atomic mass is 9.74. The molecule has 2 saturated heterocycles. The van der Waals surface area contributed by atoms with Gasteiger partial charge in [-0.3, -0.25) is 15.1 Å². The number of methoxy groups -OCH3 is 1. The second-order valence-corrected chi connectivity index (χ2v) is 11.0. The fourth-order valence-electron chi connectivity index (χ4n) is 6.62. The lowest BCUT2D eigenvalue weighted by Crippen LogP contribution is -2.50. The zero-order chi connectivity index (χ0) is 26.2. The summed E-state index contributed by atoms with van der Waals surface area (Å²) < 4.78 is 25.6. The molecular formula is C29H36FN5O3. The summed E-state index contributed by atoms with van der Waals surface area (Å²) in [5.41, 5.74) is 10.3. The normalized spacial score (nSPS) is 27.8. The minimum Gasteiger partial charge on any atom is -0.496 e. The number of likely N-dealkylation sites (tertiary alicyclic amines) is 1. The summed E-state index contributed by atoms with van der Waals surface area (Å²) in [6.07, 6.45) is 4.57. The number of hydrazine groups is 1. The quantitative estimate of drug-likeness (QED) is 0.452. The molecule has 6 rings (SSSR count). The molecule has 0 bridgehead atoms. The number of carbonyl (C=O) groups excluding carboxylic acids is 1. The van der Waals surface area contributed by atoms with Gasteiger partial charge >= 0.3 is 0 Å². The van der Waals surface area contributed by atoms with Crippen LogP contribution in [0.2, 0.25) is 0 Å². The molecule has 3 aromatic rings. The Morgan fingerprint density at radius 3 is 3.00 bits per heavy atom. The summed E-state index contributed by atoms with van der Waals surface area (Å²) in [6.45, 7) is 3.93. The van der Waals surface area contributed by atoms with Crippen LogP contribution in [0.3, 0.4) is 0 Å². The van der Waals surface area contributed by atoms with E-state index in [1.165, 1.54) is 6.07 Å². The van der Waals surface area contributed by atoms with Crippen LogP contribution < -0.4 is 20.9 Å². The first-order valence-electron chi connectivity index (χ1n) is 13.7. The van der Waals surface area contributed by atoms with Crippen LogP contribution in [0.25, 0.3) is 11.1 Å². The zero-order valence-electron chi connectivity index (χ0n) is 22.0. The van der Waals surface area contributed by atoms with E-state index in [-0.39, 0.29) is 29.7 Å². The Morgan fingerprint density at radius 2 is 2.13 bits per heavy atom. The Balaban J connectivity index is 1.08. The van der Waals surface area contributed by atoms with Crippen LogP contribution in [-0.4, -0.2) is 48.1 Å². The number of carbonyl (C=O) groups is 1. The molecule has 3 aliphatic rings. The summed E-state index contributed by atoms with van der Waals surface area (Å²) in [7, 11) is 1.57. The largest absolute Gasteiger partial charge is 0.496 e. The predicted octanol–water partition coefficient (Wildman–Crippen LogP) is 4.00. The van der Waals surface area contributed by atoms with Crippen LogP contribution >= 0.6 is 0 Å². The van der Waals surface area contributed by atoms with Crippen molar-refractivity contribution in [1.82, 2.24) is 26.1 Å². The van der Waals surface area contributed by atoms with Gasteiger partial charge in [0.25, 0.3) is 0 Å². The highest BCUT2D eigenvalue weighted by atomic mass is 19.1. The number of hydrogen-bond acceptors (Lipinski definition) is 7. The average molecular weight is 522 g/mol. The van der Waals surface area contributed by atoms with Gasteiger partial charge in [-0.1, -0.05) is 12.1 Å². The summed E-state index contributed by atoms with van der Waals surface area (Å²) in [6, 6.07) is 11.7. The number of aromatic nitrogens is 1. The van der Waals surface area contributed by atoms with Crippen molar-refractivity contribution in [2.75, 3.05) is 20.2 Å². The molecule has 4 unspecified atom stereocenters. The minimum absolute atomic E-state index is 0.0151. The Kier molecular flexibility index (Phi) is 7.07. The third-order valence-corrected chi connectivity index (χ3v) is 8.53. The van der Waals surface area contributed by atoms with Crippen LogP contribution in [0.15, 0.2) is 40.8 Å². The van der Waals surface area contributed by atoms with Gasteiger partial charge in [0.15, 0.2) is 11.5 Å². The number of aryl methyl sites for hydroxylation is 1. The van der Waals surface area contributed by atoms with Gasteiger partial charge in [0, 0.05) is 43.6 Å². The second-order valence-electron chi connectivity index (χ2n) is 11.0. The molecule has 5 atom stereocenters. The molecular weight excluding hydrogens is 485 g/mol. The Labute approximate surface area is 222 Å². The fourth-order valence-corrected chi connectivity index (χ4v) is 6.62. The number of ether oxygens (including phenoxy) is 1. The molecule has 2 aliphatic heterocycles. The van der Waals surface area contributed by atoms with Crippen molar-refractivity contribution in [3.05, 3.63) is 59.2 Å². The van der Waals surface area contributed by atoms with Gasteiger partial charge in [0.1, 0.15) is 17.1 Å². The number of benzene rings is 2. The Bertz CT molecular complexity index is 1310. The number of oxazole rings is 1. The standard InChI is InChI=1S/C29H36FN5O3/c1-17-31-25-11-8-18(14-27(25)38-17)28-21-13-19(9-10-24(21)33-34-28)29(36)32-20-5-4-12-35(15-20)16-22-23(30)6-3-7-26(22)37-2/h3,6-8,11,14,19-21,24,28,33-34H,4-5,9-10,12-13,15-16H2,1-2H3,(H,32,36)/t19?,20-,21?,24?,28?/m1/s1. The molecule has 1 aliphatic carbocycles. The predicted molar refractivity (Wildman–Crippen MR) is 142 cm³/mol. The van der Waals surface area contributed by atoms with Gasteiger partial charge in [-0.2, -0.15) is 0 Å². The number of nitrogens with one attached hydrogen (secondary N) is 3. The monoisotopic (exact) mass is 521 g/mol. The van der Waals surface area contributed by atoms with E-state index >= 15 is 0 Å². The third kappa shape index (κ3) is 5.02. The van der Waals surface area contributed by atoms with E-state index in [9.17, 15) is 9.18 Å². The van der Waals surface area contributed by atoms with Gasteiger partial charge in [-0.05, 0) is 74.4 Å². The van der Waals surface area contributed by atoms with Gasteiger partial charge in [-0.25, -0.2) is 14.8 Å². The molecule has 1 aromatic heterocycles. The van der Waals surface area contributed by atoms with Crippen LogP contribution in [0.1, 0.15) is 55.2 Å². The molecule has 38 heavy (non-hydrogen) atoms. The lowest BCUT2D eigenvalue weighted by Gasteiger charge is -2.36. The van der Waals surface area contributed by atoms with E-state index in [2.05, 4.69) is 38.2 Å². The van der Waals surface area contributed by atoms with Gasteiger partial charge in [-0.15, -0.1) is 0 Å². The van der Waals surface area contributed by atoms with Crippen molar-refractivity contribution < 1.29 is 18.3 Å².